The Hall–Kier alpha value is -0.180. The van der Waals surface area contributed by atoms with Crippen molar-refractivity contribution in [1.29, 1.82) is 0 Å². The molecule has 0 atom stereocenters. The van der Waals surface area contributed by atoms with Gasteiger partial charge >= 0.3 is 0 Å². The number of aliphatic hydroxyl groups excluding tert-OH is 1. The van der Waals surface area contributed by atoms with Gasteiger partial charge in [0.15, 0.2) is 0 Å². The zero-order chi connectivity index (χ0) is 10.8. The summed E-state index contributed by atoms with van der Waals surface area (Å²) in [5.74, 6) is -2.26. The number of aliphatic hydroxyl groups is 1. The van der Waals surface area contributed by atoms with Gasteiger partial charge < -0.3 is 5.11 Å². The Morgan fingerprint density at radius 2 is 1.71 bits per heavy atom. The van der Waals surface area contributed by atoms with Crippen molar-refractivity contribution in [3.63, 3.8) is 0 Å². The molecule has 0 aromatic rings. The number of hydrogen-bond donors (Lipinski definition) is 1. The van der Waals surface area contributed by atoms with Crippen LogP contribution in [0.15, 0.2) is 0 Å². The molecule has 14 heavy (non-hydrogen) atoms. The van der Waals surface area contributed by atoms with Crippen LogP contribution in [0.3, 0.4) is 0 Å². The van der Waals surface area contributed by atoms with Crippen molar-refractivity contribution < 1.29 is 13.9 Å². The second kappa shape index (κ2) is 4.56. The molecule has 1 saturated carbocycles. The van der Waals surface area contributed by atoms with Gasteiger partial charge in [0.05, 0.1) is 0 Å². The van der Waals surface area contributed by atoms with Gasteiger partial charge in [-0.1, -0.05) is 13.8 Å². The van der Waals surface area contributed by atoms with E-state index in [-0.39, 0.29) is 0 Å². The lowest BCUT2D eigenvalue weighted by molar-refractivity contribution is -0.111. The van der Waals surface area contributed by atoms with E-state index in [1.54, 1.807) is 0 Å². The van der Waals surface area contributed by atoms with Crippen molar-refractivity contribution in [2.45, 2.75) is 45.5 Å². The van der Waals surface area contributed by atoms with Crippen molar-refractivity contribution in [2.75, 3.05) is 6.61 Å². The second-order valence-corrected chi connectivity index (χ2v) is 4.77. The third kappa shape index (κ3) is 2.66. The number of halogens is 2. The minimum atomic E-state index is -2.86. The van der Waals surface area contributed by atoms with Crippen molar-refractivity contribution in [3.05, 3.63) is 0 Å². The molecule has 0 aromatic carbocycles. The third-order valence-corrected chi connectivity index (χ3v) is 3.52. The monoisotopic (exact) mass is 206 g/mol. The highest BCUT2D eigenvalue weighted by Crippen LogP contribution is 2.40. The minimum absolute atomic E-state index is 0.566. The van der Waals surface area contributed by atoms with Crippen LogP contribution in [0.2, 0.25) is 0 Å². The molecule has 1 nitrogen and oxygen atoms in total. The van der Waals surface area contributed by atoms with Crippen molar-refractivity contribution >= 4 is 0 Å². The molecule has 84 valence electrons. The van der Waals surface area contributed by atoms with Crippen molar-refractivity contribution in [1.82, 2.24) is 0 Å². The van der Waals surface area contributed by atoms with E-state index in [1.165, 1.54) is 0 Å². The molecule has 0 radical (unpaired) electrons. The summed E-state index contributed by atoms with van der Waals surface area (Å²) in [6, 6.07) is 0. The normalized spacial score (nSPS) is 29.6. The average Bonchev–Trinajstić information content (AvgIpc) is 2.18. The predicted octanol–water partition coefficient (Wildman–Crippen LogP) is 3.08. The Morgan fingerprint density at radius 1 is 1.21 bits per heavy atom. The zero-order valence-corrected chi connectivity index (χ0v) is 8.97. The number of hydrogen-bond acceptors (Lipinski definition) is 1. The summed E-state index contributed by atoms with van der Waals surface area (Å²) in [7, 11) is 0. The molecule has 1 aliphatic rings. The highest BCUT2D eigenvalue weighted by molar-refractivity contribution is 4.83. The molecular weight excluding hydrogens is 186 g/mol. The van der Waals surface area contributed by atoms with Gasteiger partial charge in [0.2, 0.25) is 0 Å². The van der Waals surface area contributed by atoms with Crippen LogP contribution in [0.25, 0.3) is 0 Å². The van der Waals surface area contributed by atoms with E-state index in [9.17, 15) is 8.78 Å². The molecular formula is C11H20F2O. The Balaban J connectivity index is 2.43. The Labute approximate surface area is 84.5 Å². The van der Waals surface area contributed by atoms with Crippen LogP contribution in [-0.4, -0.2) is 17.6 Å². The maximum absolute atomic E-state index is 13.1. The third-order valence-electron chi connectivity index (χ3n) is 3.52. The molecule has 0 aliphatic heterocycles. The molecule has 3 heteroatoms. The average molecular weight is 206 g/mol. The molecule has 0 saturated heterocycles. The highest BCUT2D eigenvalue weighted by Gasteiger charge is 2.40. The molecule has 1 fully saturated rings. The van der Waals surface area contributed by atoms with Crippen LogP contribution >= 0.6 is 0 Å². The van der Waals surface area contributed by atoms with Crippen LogP contribution < -0.4 is 0 Å². The van der Waals surface area contributed by atoms with Gasteiger partial charge in [0.1, 0.15) is 6.61 Å². The summed E-state index contributed by atoms with van der Waals surface area (Å²) in [5, 5.41) is 8.57. The van der Waals surface area contributed by atoms with Crippen LogP contribution in [0.1, 0.15) is 39.5 Å². The maximum Gasteiger partial charge on any atom is 0.273 e. The first-order valence-corrected chi connectivity index (χ1v) is 5.46. The van der Waals surface area contributed by atoms with Gasteiger partial charge in [0.25, 0.3) is 5.92 Å². The van der Waals surface area contributed by atoms with Crippen LogP contribution in [-0.2, 0) is 0 Å². The SMILES string of the molecule is CC(C)C1CCC(C(F)(F)CO)CC1. The molecule has 0 unspecified atom stereocenters. The first kappa shape index (κ1) is 11.9. The van der Waals surface area contributed by atoms with Gasteiger partial charge in [-0.05, 0) is 37.5 Å². The smallest absolute Gasteiger partial charge is 0.273 e. The fourth-order valence-electron chi connectivity index (χ4n) is 2.34. The van der Waals surface area contributed by atoms with Gasteiger partial charge in [-0.15, -0.1) is 0 Å². The second-order valence-electron chi connectivity index (χ2n) is 4.77. The lowest BCUT2D eigenvalue weighted by Crippen LogP contribution is -2.35. The lowest BCUT2D eigenvalue weighted by Gasteiger charge is -2.34. The molecule has 0 heterocycles. The van der Waals surface area contributed by atoms with Crippen LogP contribution in [0.4, 0.5) is 8.78 Å². The molecule has 0 bridgehead atoms. The Morgan fingerprint density at radius 3 is 2.07 bits per heavy atom. The summed E-state index contributed by atoms with van der Waals surface area (Å²) in [6.07, 6.45) is 2.91. The predicted molar refractivity (Wildman–Crippen MR) is 52.3 cm³/mol. The number of rotatable bonds is 3. The van der Waals surface area contributed by atoms with Crippen molar-refractivity contribution in [3.8, 4) is 0 Å². The van der Waals surface area contributed by atoms with Gasteiger partial charge in [0, 0.05) is 5.92 Å². The van der Waals surface area contributed by atoms with Crippen LogP contribution in [0.5, 0.6) is 0 Å². The fraction of sp³-hybridized carbons (Fsp3) is 1.00. The molecule has 0 spiro atoms. The van der Waals surface area contributed by atoms with E-state index in [4.69, 9.17) is 5.11 Å². The van der Waals surface area contributed by atoms with E-state index in [2.05, 4.69) is 13.8 Å². The summed E-state index contributed by atoms with van der Waals surface area (Å²) < 4.78 is 26.2. The topological polar surface area (TPSA) is 20.2 Å². The van der Waals surface area contributed by atoms with E-state index < -0.39 is 18.4 Å². The maximum atomic E-state index is 13.1. The van der Waals surface area contributed by atoms with Crippen LogP contribution in [0, 0.1) is 17.8 Å². The largest absolute Gasteiger partial charge is 0.390 e. The summed E-state index contributed by atoms with van der Waals surface area (Å²) in [6.45, 7) is 3.30. The first-order chi connectivity index (χ1) is 6.47. The molecule has 1 N–H and O–H groups in total. The van der Waals surface area contributed by atoms with Gasteiger partial charge in [-0.2, -0.15) is 0 Å². The van der Waals surface area contributed by atoms with E-state index in [0.717, 1.165) is 12.8 Å². The van der Waals surface area contributed by atoms with E-state index in [0.29, 0.717) is 24.7 Å². The van der Waals surface area contributed by atoms with Crippen molar-refractivity contribution in [2.24, 2.45) is 17.8 Å². The summed E-state index contributed by atoms with van der Waals surface area (Å²) in [5.41, 5.74) is 0. The first-order valence-electron chi connectivity index (χ1n) is 5.46. The fourth-order valence-corrected chi connectivity index (χ4v) is 2.34. The quantitative estimate of drug-likeness (QED) is 0.752. The molecule has 0 aromatic heterocycles. The highest BCUT2D eigenvalue weighted by atomic mass is 19.3. The minimum Gasteiger partial charge on any atom is -0.390 e. The molecule has 0 amide bonds. The standard InChI is InChI=1S/C11H20F2O/c1-8(2)9-3-5-10(6-4-9)11(12,13)7-14/h8-10,14H,3-7H2,1-2H3. The Kier molecular flexibility index (Phi) is 3.87. The lowest BCUT2D eigenvalue weighted by atomic mass is 9.75. The zero-order valence-electron chi connectivity index (χ0n) is 8.97. The van der Waals surface area contributed by atoms with Gasteiger partial charge in [-0.25, -0.2) is 8.78 Å². The van der Waals surface area contributed by atoms with Gasteiger partial charge in [-0.3, -0.25) is 0 Å². The molecule has 1 aliphatic carbocycles. The number of alkyl halides is 2. The Bertz CT molecular complexity index is 172. The summed E-state index contributed by atoms with van der Waals surface area (Å²) in [4.78, 5) is 0. The summed E-state index contributed by atoms with van der Waals surface area (Å²) >= 11 is 0. The van der Waals surface area contributed by atoms with E-state index >= 15 is 0 Å². The van der Waals surface area contributed by atoms with E-state index in [1.807, 2.05) is 0 Å². The molecule has 1 rings (SSSR count).